The summed E-state index contributed by atoms with van der Waals surface area (Å²) < 4.78 is 1.38. The average Bonchev–Trinajstić information content (AvgIpc) is 2.22. The van der Waals surface area contributed by atoms with Gasteiger partial charge in [0.25, 0.3) is 5.56 Å². The molecule has 0 atom stereocenters. The number of nitrogens with two attached hydrogens (primary N) is 1. The molecule has 0 saturated heterocycles. The molecule has 0 fully saturated rings. The molecule has 4 nitrogen and oxygen atoms in total. The van der Waals surface area contributed by atoms with Crippen molar-refractivity contribution in [2.45, 2.75) is 20.4 Å². The lowest BCUT2D eigenvalue weighted by atomic mass is 10.1. The Morgan fingerprint density at radius 3 is 2.47 bits per heavy atom. The standard InChI is InChI=1S/C13H15N3O/c1-9-5-10(2)7-11(6-9)8-16-13(17)4-3-12(14)15-16/h3-7H,8H2,1-2H3,(H2,14,15). The molecule has 1 aromatic carbocycles. The van der Waals surface area contributed by atoms with Gasteiger partial charge in [-0.3, -0.25) is 4.79 Å². The molecule has 4 heteroatoms. The monoisotopic (exact) mass is 229 g/mol. The van der Waals surface area contributed by atoms with Crippen molar-refractivity contribution in [2.24, 2.45) is 0 Å². The molecule has 0 aliphatic carbocycles. The molecule has 1 heterocycles. The van der Waals surface area contributed by atoms with Gasteiger partial charge in [0.05, 0.1) is 6.54 Å². The summed E-state index contributed by atoms with van der Waals surface area (Å²) in [5.74, 6) is 0.356. The van der Waals surface area contributed by atoms with Crippen LogP contribution >= 0.6 is 0 Å². The van der Waals surface area contributed by atoms with E-state index in [1.807, 2.05) is 26.0 Å². The largest absolute Gasteiger partial charge is 0.382 e. The van der Waals surface area contributed by atoms with E-state index in [2.05, 4.69) is 11.2 Å². The van der Waals surface area contributed by atoms with E-state index >= 15 is 0 Å². The predicted octanol–water partition coefficient (Wildman–Crippen LogP) is 1.49. The maximum Gasteiger partial charge on any atom is 0.267 e. The topological polar surface area (TPSA) is 60.9 Å². The first kappa shape index (κ1) is 11.4. The van der Waals surface area contributed by atoms with E-state index in [0.717, 1.165) is 5.56 Å². The minimum atomic E-state index is -0.140. The molecule has 2 aromatic rings. The van der Waals surface area contributed by atoms with Gasteiger partial charge < -0.3 is 5.73 Å². The van der Waals surface area contributed by atoms with Gasteiger partial charge in [0.15, 0.2) is 0 Å². The Labute approximate surface area is 99.7 Å². The van der Waals surface area contributed by atoms with Crippen molar-refractivity contribution < 1.29 is 0 Å². The highest BCUT2D eigenvalue weighted by molar-refractivity contribution is 5.29. The van der Waals surface area contributed by atoms with Crippen LogP contribution in [0.15, 0.2) is 35.1 Å². The van der Waals surface area contributed by atoms with Gasteiger partial charge in [-0.25, -0.2) is 4.68 Å². The molecule has 0 bridgehead atoms. The Balaban J connectivity index is 2.37. The quantitative estimate of drug-likeness (QED) is 0.848. The molecular weight excluding hydrogens is 214 g/mol. The van der Waals surface area contributed by atoms with Gasteiger partial charge in [-0.2, -0.15) is 5.10 Å². The van der Waals surface area contributed by atoms with E-state index in [0.29, 0.717) is 12.4 Å². The highest BCUT2D eigenvalue weighted by Gasteiger charge is 2.01. The number of aryl methyl sites for hydroxylation is 2. The summed E-state index contributed by atoms with van der Waals surface area (Å²) in [5, 5.41) is 4.01. The van der Waals surface area contributed by atoms with Gasteiger partial charge in [0, 0.05) is 6.07 Å². The van der Waals surface area contributed by atoms with Crippen LogP contribution in [0.3, 0.4) is 0 Å². The van der Waals surface area contributed by atoms with Crippen LogP contribution in [0.1, 0.15) is 16.7 Å². The number of rotatable bonds is 2. The first-order valence-corrected chi connectivity index (χ1v) is 5.45. The van der Waals surface area contributed by atoms with Crippen molar-refractivity contribution in [3.8, 4) is 0 Å². The van der Waals surface area contributed by atoms with Gasteiger partial charge >= 0.3 is 0 Å². The third-order valence-electron chi connectivity index (χ3n) is 2.50. The lowest BCUT2D eigenvalue weighted by Crippen LogP contribution is -2.23. The minimum absolute atomic E-state index is 0.140. The fraction of sp³-hybridized carbons (Fsp3) is 0.231. The summed E-state index contributed by atoms with van der Waals surface area (Å²) in [4.78, 5) is 11.6. The number of nitrogens with zero attached hydrogens (tertiary/aromatic N) is 2. The van der Waals surface area contributed by atoms with Gasteiger partial charge in [0.2, 0.25) is 0 Å². The molecule has 2 rings (SSSR count). The molecular formula is C13H15N3O. The maximum absolute atomic E-state index is 11.6. The van der Waals surface area contributed by atoms with Crippen molar-refractivity contribution in [1.29, 1.82) is 0 Å². The van der Waals surface area contributed by atoms with Crippen LogP contribution in [0.5, 0.6) is 0 Å². The first-order chi connectivity index (χ1) is 8.04. The number of hydrogen-bond acceptors (Lipinski definition) is 3. The van der Waals surface area contributed by atoms with Crippen LogP contribution in [0.2, 0.25) is 0 Å². The average molecular weight is 229 g/mol. The Kier molecular flexibility index (Phi) is 2.95. The molecule has 17 heavy (non-hydrogen) atoms. The molecule has 0 aliphatic heterocycles. The summed E-state index contributed by atoms with van der Waals surface area (Å²) >= 11 is 0. The van der Waals surface area contributed by atoms with E-state index < -0.39 is 0 Å². The van der Waals surface area contributed by atoms with Crippen molar-refractivity contribution >= 4 is 5.82 Å². The van der Waals surface area contributed by atoms with Crippen LogP contribution in [-0.4, -0.2) is 9.78 Å². The number of aromatic nitrogens is 2. The third kappa shape index (κ3) is 2.72. The summed E-state index contributed by atoms with van der Waals surface area (Å²) in [6, 6.07) is 9.14. The molecule has 88 valence electrons. The summed E-state index contributed by atoms with van der Waals surface area (Å²) in [6.45, 7) is 4.52. The van der Waals surface area contributed by atoms with Gasteiger partial charge in [-0.15, -0.1) is 0 Å². The Bertz CT molecular complexity index is 582. The minimum Gasteiger partial charge on any atom is -0.382 e. The summed E-state index contributed by atoms with van der Waals surface area (Å²) in [5.41, 5.74) is 8.84. The maximum atomic E-state index is 11.6. The second kappa shape index (κ2) is 4.41. The lowest BCUT2D eigenvalue weighted by molar-refractivity contribution is 0.643. The first-order valence-electron chi connectivity index (χ1n) is 5.45. The fourth-order valence-corrected chi connectivity index (χ4v) is 1.91. The van der Waals surface area contributed by atoms with Gasteiger partial charge in [-0.1, -0.05) is 29.3 Å². The number of benzene rings is 1. The lowest BCUT2D eigenvalue weighted by Gasteiger charge is -2.07. The molecule has 0 spiro atoms. The number of anilines is 1. The van der Waals surface area contributed by atoms with Crippen LogP contribution in [0, 0.1) is 13.8 Å². The van der Waals surface area contributed by atoms with Crippen LogP contribution in [-0.2, 0) is 6.54 Å². The smallest absolute Gasteiger partial charge is 0.267 e. The Morgan fingerprint density at radius 2 is 1.82 bits per heavy atom. The molecule has 2 N–H and O–H groups in total. The Hall–Kier alpha value is -2.10. The van der Waals surface area contributed by atoms with E-state index in [4.69, 9.17) is 5.73 Å². The number of hydrogen-bond donors (Lipinski definition) is 1. The molecule has 0 aliphatic rings. The molecule has 0 amide bonds. The molecule has 0 unspecified atom stereocenters. The van der Waals surface area contributed by atoms with Gasteiger partial charge in [-0.05, 0) is 25.5 Å². The zero-order valence-electron chi connectivity index (χ0n) is 9.97. The summed E-state index contributed by atoms with van der Waals surface area (Å²) in [7, 11) is 0. The van der Waals surface area contributed by atoms with Crippen molar-refractivity contribution in [2.75, 3.05) is 5.73 Å². The SMILES string of the molecule is Cc1cc(C)cc(Cn2nc(N)ccc2=O)c1. The molecule has 0 saturated carbocycles. The zero-order valence-corrected chi connectivity index (χ0v) is 9.97. The van der Waals surface area contributed by atoms with Crippen molar-refractivity contribution in [1.82, 2.24) is 9.78 Å². The van der Waals surface area contributed by atoms with Crippen LogP contribution in [0.4, 0.5) is 5.82 Å². The third-order valence-corrected chi connectivity index (χ3v) is 2.50. The molecule has 0 radical (unpaired) electrons. The van der Waals surface area contributed by atoms with E-state index in [1.54, 1.807) is 0 Å². The van der Waals surface area contributed by atoms with Gasteiger partial charge in [0.1, 0.15) is 5.82 Å². The second-order valence-electron chi connectivity index (χ2n) is 4.25. The normalized spacial score (nSPS) is 10.5. The van der Waals surface area contributed by atoms with E-state index in [9.17, 15) is 4.79 Å². The van der Waals surface area contributed by atoms with Crippen LogP contribution < -0.4 is 11.3 Å². The van der Waals surface area contributed by atoms with Crippen molar-refractivity contribution in [3.63, 3.8) is 0 Å². The number of nitrogen functional groups attached to an aromatic ring is 1. The highest BCUT2D eigenvalue weighted by Crippen LogP contribution is 2.09. The van der Waals surface area contributed by atoms with E-state index in [-0.39, 0.29) is 5.56 Å². The fourth-order valence-electron chi connectivity index (χ4n) is 1.91. The zero-order chi connectivity index (χ0) is 12.4. The van der Waals surface area contributed by atoms with E-state index in [1.165, 1.54) is 27.9 Å². The second-order valence-corrected chi connectivity index (χ2v) is 4.25. The Morgan fingerprint density at radius 1 is 1.18 bits per heavy atom. The highest BCUT2D eigenvalue weighted by atomic mass is 16.1. The van der Waals surface area contributed by atoms with Crippen LogP contribution in [0.25, 0.3) is 0 Å². The van der Waals surface area contributed by atoms with Crippen molar-refractivity contribution in [3.05, 3.63) is 57.4 Å². The molecule has 1 aromatic heterocycles. The summed E-state index contributed by atoms with van der Waals surface area (Å²) in [6.07, 6.45) is 0. The predicted molar refractivity (Wildman–Crippen MR) is 67.9 cm³/mol.